The average molecular weight is 385 g/mol. The summed E-state index contributed by atoms with van der Waals surface area (Å²) in [4.78, 5) is 24.0. The molecule has 148 valence electrons. The second-order valence-corrected chi connectivity index (χ2v) is 7.23. The molecule has 5 nitrogen and oxygen atoms in total. The van der Waals surface area contributed by atoms with Gasteiger partial charge in [-0.15, -0.1) is 13.2 Å². The Labute approximate surface area is 154 Å². The van der Waals surface area contributed by atoms with Gasteiger partial charge in [0.25, 0.3) is 0 Å². The van der Waals surface area contributed by atoms with Gasteiger partial charge in [0.1, 0.15) is 5.75 Å². The zero-order valence-electron chi connectivity index (χ0n) is 14.7. The van der Waals surface area contributed by atoms with Gasteiger partial charge in [-0.2, -0.15) is 0 Å². The van der Waals surface area contributed by atoms with Gasteiger partial charge in [0.15, 0.2) is 0 Å². The first-order valence-corrected chi connectivity index (χ1v) is 9.14. The minimum atomic E-state index is -4.79. The van der Waals surface area contributed by atoms with Gasteiger partial charge >= 0.3 is 12.3 Å². The maximum Gasteiger partial charge on any atom is 0.573 e. The lowest BCUT2D eigenvalue weighted by molar-refractivity contribution is -0.274. The van der Waals surface area contributed by atoms with Crippen molar-refractivity contribution >= 4 is 11.9 Å². The predicted octanol–water partition coefficient (Wildman–Crippen LogP) is 3.84. The number of rotatable bonds is 5. The molecule has 1 aromatic rings. The van der Waals surface area contributed by atoms with Gasteiger partial charge in [-0.1, -0.05) is 37.5 Å². The molecule has 4 atom stereocenters. The van der Waals surface area contributed by atoms with Crippen molar-refractivity contribution < 1.29 is 32.6 Å². The van der Waals surface area contributed by atoms with Crippen LogP contribution in [0, 0.1) is 11.8 Å². The maximum atomic E-state index is 12.6. The molecule has 3 rings (SSSR count). The smallest absolute Gasteiger partial charge is 0.481 e. The molecule has 2 aliphatic rings. The summed E-state index contributed by atoms with van der Waals surface area (Å²) in [6.07, 6.45) is -0.635. The van der Waals surface area contributed by atoms with E-state index in [9.17, 15) is 27.9 Å². The Hall–Kier alpha value is -2.25. The van der Waals surface area contributed by atoms with Gasteiger partial charge in [0, 0.05) is 12.0 Å². The number of carboxylic acids is 1. The number of hydrogen-bond acceptors (Lipinski definition) is 3. The van der Waals surface area contributed by atoms with Crippen molar-refractivity contribution in [1.29, 1.82) is 0 Å². The van der Waals surface area contributed by atoms with Gasteiger partial charge in [0.2, 0.25) is 5.91 Å². The lowest BCUT2D eigenvalue weighted by Crippen LogP contribution is -2.43. The van der Waals surface area contributed by atoms with Gasteiger partial charge < -0.3 is 15.2 Å². The topological polar surface area (TPSA) is 75.6 Å². The molecule has 2 saturated carbocycles. The molecule has 8 heteroatoms. The van der Waals surface area contributed by atoms with Crippen LogP contribution in [-0.4, -0.2) is 29.4 Å². The van der Waals surface area contributed by atoms with Crippen molar-refractivity contribution in [2.45, 2.75) is 56.8 Å². The third-order valence-corrected chi connectivity index (χ3v) is 5.33. The Kier molecular flexibility index (Phi) is 5.62. The highest BCUT2D eigenvalue weighted by molar-refractivity contribution is 5.84. The summed E-state index contributed by atoms with van der Waals surface area (Å²) in [5.74, 6) is -2.92. The molecular formula is C19H22F3NO4. The number of benzene rings is 1. The number of carbonyl (C=O) groups is 2. The highest BCUT2D eigenvalue weighted by Gasteiger charge is 2.47. The van der Waals surface area contributed by atoms with Crippen LogP contribution in [0.15, 0.2) is 24.3 Å². The van der Waals surface area contributed by atoms with Crippen LogP contribution in [-0.2, 0) is 9.59 Å². The SMILES string of the molecule is O=C(N[C@H]1CCCCC[C@H]1C(=O)O)C1CC1c1ccccc1OC(F)(F)F. The summed E-state index contributed by atoms with van der Waals surface area (Å²) >= 11 is 0. The van der Waals surface area contributed by atoms with E-state index in [1.165, 1.54) is 18.2 Å². The molecule has 2 unspecified atom stereocenters. The Morgan fingerprint density at radius 1 is 1.07 bits per heavy atom. The first-order valence-electron chi connectivity index (χ1n) is 9.14. The number of halogens is 3. The zero-order valence-corrected chi connectivity index (χ0v) is 14.7. The number of amides is 1. The summed E-state index contributed by atoms with van der Waals surface area (Å²) in [6.45, 7) is 0. The van der Waals surface area contributed by atoms with Crippen molar-refractivity contribution in [3.63, 3.8) is 0 Å². The molecule has 0 bridgehead atoms. The highest BCUT2D eigenvalue weighted by Crippen LogP contribution is 2.51. The minimum Gasteiger partial charge on any atom is -0.481 e. The summed E-state index contributed by atoms with van der Waals surface area (Å²) in [7, 11) is 0. The average Bonchev–Trinajstić information content (AvgIpc) is 3.37. The Bertz CT molecular complexity index is 706. The normalized spacial score (nSPS) is 28.1. The van der Waals surface area contributed by atoms with E-state index in [1.807, 2.05) is 0 Å². The third-order valence-electron chi connectivity index (χ3n) is 5.33. The second-order valence-electron chi connectivity index (χ2n) is 7.23. The molecule has 27 heavy (non-hydrogen) atoms. The van der Waals surface area contributed by atoms with E-state index in [2.05, 4.69) is 10.1 Å². The van der Waals surface area contributed by atoms with E-state index in [1.54, 1.807) is 6.07 Å². The Morgan fingerprint density at radius 3 is 2.48 bits per heavy atom. The van der Waals surface area contributed by atoms with E-state index < -0.39 is 30.2 Å². The van der Waals surface area contributed by atoms with Gasteiger partial charge in [-0.05, 0) is 36.8 Å². The Balaban J connectivity index is 1.66. The van der Waals surface area contributed by atoms with Crippen LogP contribution in [0.2, 0.25) is 0 Å². The molecule has 1 amide bonds. The first kappa shape index (κ1) is 19.5. The molecule has 0 aromatic heterocycles. The van der Waals surface area contributed by atoms with E-state index in [0.29, 0.717) is 24.8 Å². The molecule has 0 aliphatic heterocycles. The van der Waals surface area contributed by atoms with Crippen LogP contribution in [0.1, 0.15) is 50.0 Å². The fourth-order valence-corrected chi connectivity index (χ4v) is 3.90. The summed E-state index contributed by atoms with van der Waals surface area (Å²) in [6, 6.07) is 5.40. The number of aliphatic carboxylic acids is 1. The van der Waals surface area contributed by atoms with Crippen molar-refractivity contribution in [2.24, 2.45) is 11.8 Å². The van der Waals surface area contributed by atoms with Crippen LogP contribution in [0.25, 0.3) is 0 Å². The number of nitrogens with one attached hydrogen (secondary N) is 1. The van der Waals surface area contributed by atoms with E-state index >= 15 is 0 Å². The number of hydrogen-bond donors (Lipinski definition) is 2. The van der Waals surface area contributed by atoms with Crippen LogP contribution in [0.5, 0.6) is 5.75 Å². The largest absolute Gasteiger partial charge is 0.573 e. The van der Waals surface area contributed by atoms with Crippen LogP contribution >= 0.6 is 0 Å². The Morgan fingerprint density at radius 2 is 1.78 bits per heavy atom. The molecule has 1 aromatic carbocycles. The number of carboxylic acid groups (broad SMARTS) is 1. The quantitative estimate of drug-likeness (QED) is 0.756. The van der Waals surface area contributed by atoms with Gasteiger partial charge in [0.05, 0.1) is 5.92 Å². The molecular weight excluding hydrogens is 363 g/mol. The molecule has 0 heterocycles. The standard InChI is InChI=1S/C19H22F3NO4/c20-19(21,22)27-16-9-5-4-6-11(16)13-10-14(13)17(24)23-15-8-3-1-2-7-12(15)18(25)26/h4-6,9,12-15H,1-3,7-8,10H2,(H,23,24)(H,25,26)/t12-,13?,14?,15+/m1/s1. The van der Waals surface area contributed by atoms with E-state index in [0.717, 1.165) is 19.3 Å². The lowest BCUT2D eigenvalue weighted by atomic mass is 9.94. The summed E-state index contributed by atoms with van der Waals surface area (Å²) < 4.78 is 41.8. The van der Waals surface area contributed by atoms with E-state index in [4.69, 9.17) is 0 Å². The molecule has 2 aliphatic carbocycles. The van der Waals surface area contributed by atoms with Crippen LogP contribution in [0.4, 0.5) is 13.2 Å². The maximum absolute atomic E-state index is 12.6. The predicted molar refractivity (Wildman–Crippen MR) is 90.1 cm³/mol. The summed E-state index contributed by atoms with van der Waals surface area (Å²) in [5, 5.41) is 12.2. The van der Waals surface area contributed by atoms with Gasteiger partial charge in [-0.3, -0.25) is 9.59 Å². The lowest BCUT2D eigenvalue weighted by Gasteiger charge is -2.23. The van der Waals surface area contributed by atoms with Crippen LogP contribution in [0.3, 0.4) is 0 Å². The number of carbonyl (C=O) groups excluding carboxylic acids is 1. The monoisotopic (exact) mass is 385 g/mol. The van der Waals surface area contributed by atoms with E-state index in [-0.39, 0.29) is 17.6 Å². The molecule has 2 N–H and O–H groups in total. The first-order chi connectivity index (χ1) is 12.8. The van der Waals surface area contributed by atoms with Crippen molar-refractivity contribution in [2.75, 3.05) is 0 Å². The molecule has 2 fully saturated rings. The van der Waals surface area contributed by atoms with Gasteiger partial charge in [-0.25, -0.2) is 0 Å². The van der Waals surface area contributed by atoms with Crippen molar-refractivity contribution in [1.82, 2.24) is 5.32 Å². The minimum absolute atomic E-state index is 0.289. The number of ether oxygens (including phenoxy) is 1. The van der Waals surface area contributed by atoms with Crippen LogP contribution < -0.4 is 10.1 Å². The van der Waals surface area contributed by atoms with Crippen molar-refractivity contribution in [3.05, 3.63) is 29.8 Å². The summed E-state index contributed by atoms with van der Waals surface area (Å²) in [5.41, 5.74) is 0.352. The zero-order chi connectivity index (χ0) is 19.6. The molecule has 0 spiro atoms. The fraction of sp³-hybridized carbons (Fsp3) is 0.579. The third kappa shape index (κ3) is 4.93. The number of para-hydroxylation sites is 1. The molecule has 0 radical (unpaired) electrons. The molecule has 0 saturated heterocycles. The second kappa shape index (κ2) is 7.78. The highest BCUT2D eigenvalue weighted by atomic mass is 19.4. The fourth-order valence-electron chi connectivity index (χ4n) is 3.90. The van der Waals surface area contributed by atoms with Crippen molar-refractivity contribution in [3.8, 4) is 5.75 Å². The number of alkyl halides is 3.